The van der Waals surface area contributed by atoms with Crippen LogP contribution < -0.4 is 10.6 Å². The van der Waals surface area contributed by atoms with Gasteiger partial charge in [0.2, 0.25) is 5.91 Å². The maximum Gasteiger partial charge on any atom is 0.220 e. The number of carbonyl (C=O) groups is 1. The number of aryl methyl sites for hydroxylation is 1. The van der Waals surface area contributed by atoms with E-state index < -0.39 is 0 Å². The van der Waals surface area contributed by atoms with Crippen molar-refractivity contribution in [2.75, 3.05) is 6.54 Å². The molecule has 0 radical (unpaired) electrons. The normalized spacial score (nSPS) is 20.1. The number of carbonyl (C=O) groups excluding carboxylic acids is 1. The van der Waals surface area contributed by atoms with Gasteiger partial charge in [-0.25, -0.2) is 4.98 Å². The molecule has 1 aromatic heterocycles. The summed E-state index contributed by atoms with van der Waals surface area (Å²) in [7, 11) is 0. The largest absolute Gasteiger partial charge is 0.352 e. The lowest BCUT2D eigenvalue weighted by Gasteiger charge is -2.09. The molecule has 5 heteroatoms. The van der Waals surface area contributed by atoms with Crippen LogP contribution in [-0.4, -0.2) is 23.5 Å². The molecule has 2 rings (SSSR count). The predicted octanol–water partition coefficient (Wildman–Crippen LogP) is 1.07. The Bertz CT molecular complexity index is 364. The molecule has 2 N–H and O–H groups in total. The predicted molar refractivity (Wildman–Crippen MR) is 64.4 cm³/mol. The molecule has 1 unspecified atom stereocenters. The second-order valence-corrected chi connectivity index (χ2v) is 4.96. The van der Waals surface area contributed by atoms with Gasteiger partial charge in [0.15, 0.2) is 0 Å². The van der Waals surface area contributed by atoms with Crippen LogP contribution >= 0.6 is 11.3 Å². The fourth-order valence-electron chi connectivity index (χ4n) is 1.80. The monoisotopic (exact) mass is 239 g/mol. The topological polar surface area (TPSA) is 54.0 Å². The van der Waals surface area contributed by atoms with Crippen LogP contribution in [0.2, 0.25) is 0 Å². The van der Waals surface area contributed by atoms with Gasteiger partial charge in [0.25, 0.3) is 0 Å². The highest BCUT2D eigenvalue weighted by Gasteiger charge is 2.19. The zero-order chi connectivity index (χ0) is 11.4. The van der Waals surface area contributed by atoms with E-state index in [1.807, 2.05) is 0 Å². The van der Waals surface area contributed by atoms with Crippen LogP contribution in [-0.2, 0) is 17.8 Å². The molecule has 1 saturated heterocycles. The lowest BCUT2D eigenvalue weighted by Crippen LogP contribution is -2.35. The molecule has 0 saturated carbocycles. The number of rotatable bonds is 5. The average molecular weight is 239 g/mol. The first-order valence-corrected chi connectivity index (χ1v) is 6.59. The minimum Gasteiger partial charge on any atom is -0.352 e. The van der Waals surface area contributed by atoms with E-state index in [2.05, 4.69) is 27.9 Å². The van der Waals surface area contributed by atoms with Gasteiger partial charge in [-0.15, -0.1) is 11.3 Å². The lowest BCUT2D eigenvalue weighted by molar-refractivity contribution is -0.119. The zero-order valence-corrected chi connectivity index (χ0v) is 10.3. The third kappa shape index (κ3) is 3.02. The summed E-state index contributed by atoms with van der Waals surface area (Å²) >= 11 is 1.71. The Morgan fingerprint density at radius 1 is 1.69 bits per heavy atom. The quantitative estimate of drug-likeness (QED) is 0.808. The van der Waals surface area contributed by atoms with Gasteiger partial charge in [0.1, 0.15) is 0 Å². The van der Waals surface area contributed by atoms with E-state index in [-0.39, 0.29) is 5.91 Å². The summed E-state index contributed by atoms with van der Waals surface area (Å²) in [6, 6.07) is 0.303. The Kier molecular flexibility index (Phi) is 3.90. The average Bonchev–Trinajstić information content (AvgIpc) is 2.88. The fraction of sp³-hybridized carbons (Fsp3) is 0.636. The number of hydrogen-bond acceptors (Lipinski definition) is 4. The van der Waals surface area contributed by atoms with Crippen LogP contribution in [0, 0.1) is 0 Å². The van der Waals surface area contributed by atoms with Crippen molar-refractivity contribution < 1.29 is 4.79 Å². The van der Waals surface area contributed by atoms with Gasteiger partial charge in [-0.2, -0.15) is 0 Å². The summed E-state index contributed by atoms with van der Waals surface area (Å²) in [4.78, 5) is 15.5. The minimum absolute atomic E-state index is 0.175. The summed E-state index contributed by atoms with van der Waals surface area (Å²) in [5.41, 5.74) is 1.10. The molecular formula is C11H17N3OS. The molecule has 88 valence electrons. The van der Waals surface area contributed by atoms with Gasteiger partial charge < -0.3 is 10.6 Å². The smallest absolute Gasteiger partial charge is 0.220 e. The number of aromatic nitrogens is 1. The highest BCUT2D eigenvalue weighted by molar-refractivity contribution is 7.09. The molecule has 0 spiro atoms. The van der Waals surface area contributed by atoms with Crippen molar-refractivity contribution in [3.63, 3.8) is 0 Å². The molecule has 16 heavy (non-hydrogen) atoms. The number of hydrogen-bond donors (Lipinski definition) is 2. The highest BCUT2D eigenvalue weighted by atomic mass is 32.1. The van der Waals surface area contributed by atoms with E-state index in [1.165, 1.54) is 5.01 Å². The second-order valence-electron chi connectivity index (χ2n) is 4.02. The Morgan fingerprint density at radius 2 is 2.56 bits per heavy atom. The molecule has 1 aliphatic rings. The fourth-order valence-corrected chi connectivity index (χ4v) is 2.54. The number of nitrogens with zero attached hydrogens (tertiary/aromatic N) is 1. The maximum atomic E-state index is 11.0. The van der Waals surface area contributed by atoms with Gasteiger partial charge in [0, 0.05) is 30.9 Å². The molecule has 1 atom stereocenters. The molecule has 1 amide bonds. The third-order valence-electron chi connectivity index (χ3n) is 2.68. The number of amides is 1. The van der Waals surface area contributed by atoms with Crippen molar-refractivity contribution in [1.82, 2.24) is 15.6 Å². The van der Waals surface area contributed by atoms with Crippen molar-refractivity contribution in [2.24, 2.45) is 0 Å². The van der Waals surface area contributed by atoms with Gasteiger partial charge in [0.05, 0.1) is 10.7 Å². The van der Waals surface area contributed by atoms with Crippen molar-refractivity contribution in [2.45, 2.75) is 38.8 Å². The Labute approximate surface area is 99.5 Å². The first-order valence-electron chi connectivity index (χ1n) is 5.71. The van der Waals surface area contributed by atoms with Crippen LogP contribution in [0.25, 0.3) is 0 Å². The minimum atomic E-state index is 0.175. The highest BCUT2D eigenvalue weighted by Crippen LogP contribution is 2.10. The molecular weight excluding hydrogens is 222 g/mol. The maximum absolute atomic E-state index is 11.0. The summed E-state index contributed by atoms with van der Waals surface area (Å²) in [6.45, 7) is 3.75. The number of nitrogens with one attached hydrogen (secondary N) is 2. The second kappa shape index (κ2) is 5.41. The Morgan fingerprint density at radius 3 is 3.19 bits per heavy atom. The van der Waals surface area contributed by atoms with Crippen LogP contribution in [0.1, 0.15) is 30.5 Å². The molecule has 0 aromatic carbocycles. The van der Waals surface area contributed by atoms with Crippen molar-refractivity contribution in [3.05, 3.63) is 16.1 Å². The van der Waals surface area contributed by atoms with Crippen LogP contribution in [0.5, 0.6) is 0 Å². The van der Waals surface area contributed by atoms with E-state index >= 15 is 0 Å². The van der Waals surface area contributed by atoms with E-state index in [1.54, 1.807) is 11.3 Å². The summed E-state index contributed by atoms with van der Waals surface area (Å²) in [5, 5.41) is 9.55. The van der Waals surface area contributed by atoms with E-state index in [4.69, 9.17) is 0 Å². The molecule has 1 fully saturated rings. The first-order chi connectivity index (χ1) is 7.78. The first kappa shape index (κ1) is 11.5. The van der Waals surface area contributed by atoms with Crippen LogP contribution in [0.3, 0.4) is 0 Å². The van der Waals surface area contributed by atoms with Crippen molar-refractivity contribution in [1.29, 1.82) is 0 Å². The molecule has 0 aliphatic carbocycles. The Hall–Kier alpha value is -0.940. The zero-order valence-electron chi connectivity index (χ0n) is 9.45. The molecule has 4 nitrogen and oxygen atoms in total. The van der Waals surface area contributed by atoms with E-state index in [0.717, 1.165) is 31.6 Å². The Balaban J connectivity index is 1.69. The molecule has 1 aromatic rings. The summed E-state index contributed by atoms with van der Waals surface area (Å²) in [5.74, 6) is 0.175. The van der Waals surface area contributed by atoms with Gasteiger partial charge in [-0.3, -0.25) is 4.79 Å². The SMILES string of the molecule is CCc1nc(CNCC2CCC(=O)N2)cs1. The summed E-state index contributed by atoms with van der Waals surface area (Å²) < 4.78 is 0. The van der Waals surface area contributed by atoms with Crippen molar-refractivity contribution in [3.8, 4) is 0 Å². The molecule has 0 bridgehead atoms. The lowest BCUT2D eigenvalue weighted by atomic mass is 10.2. The van der Waals surface area contributed by atoms with Gasteiger partial charge in [-0.1, -0.05) is 6.92 Å². The standard InChI is InChI=1S/C11H17N3OS/c1-2-11-14-9(7-16-11)6-12-5-8-3-4-10(15)13-8/h7-8,12H,2-6H2,1H3,(H,13,15). The van der Waals surface area contributed by atoms with Gasteiger partial charge in [-0.05, 0) is 12.8 Å². The van der Waals surface area contributed by atoms with Crippen LogP contribution in [0.15, 0.2) is 5.38 Å². The van der Waals surface area contributed by atoms with E-state index in [0.29, 0.717) is 12.5 Å². The van der Waals surface area contributed by atoms with Gasteiger partial charge >= 0.3 is 0 Å². The third-order valence-corrected chi connectivity index (χ3v) is 3.73. The molecule has 2 heterocycles. The van der Waals surface area contributed by atoms with Crippen LogP contribution in [0.4, 0.5) is 0 Å². The number of thiazole rings is 1. The van der Waals surface area contributed by atoms with E-state index in [9.17, 15) is 4.79 Å². The van der Waals surface area contributed by atoms with Crippen molar-refractivity contribution >= 4 is 17.2 Å². The summed E-state index contributed by atoms with van der Waals surface area (Å²) in [6.07, 6.45) is 2.62. The molecule has 1 aliphatic heterocycles.